The van der Waals surface area contributed by atoms with Crippen LogP contribution in [0.2, 0.25) is 0 Å². The molecule has 0 saturated carbocycles. The van der Waals surface area contributed by atoms with Gasteiger partial charge in [0.15, 0.2) is 0 Å². The molecule has 1 heterocycles. The molecule has 0 atom stereocenters. The van der Waals surface area contributed by atoms with Crippen molar-refractivity contribution in [2.24, 2.45) is 4.99 Å². The molecule has 0 aliphatic carbocycles. The van der Waals surface area contributed by atoms with Crippen LogP contribution in [-0.4, -0.2) is 31.4 Å². The van der Waals surface area contributed by atoms with Crippen molar-refractivity contribution in [2.45, 2.75) is 32.6 Å². The molecule has 14 heavy (non-hydrogen) atoms. The smallest absolute Gasteiger partial charge is 0.221 e. The lowest BCUT2D eigenvalue weighted by Gasteiger charge is -2.05. The largest absolute Gasteiger partial charge is 0.373 e. The summed E-state index contributed by atoms with van der Waals surface area (Å²) in [5, 5.41) is 6.02. The Balaban J connectivity index is 2.00. The maximum Gasteiger partial charge on any atom is 0.221 e. The first-order valence-corrected chi connectivity index (χ1v) is 5.37. The van der Waals surface area contributed by atoms with Crippen molar-refractivity contribution in [1.29, 1.82) is 0 Å². The van der Waals surface area contributed by atoms with Crippen molar-refractivity contribution in [3.8, 4) is 0 Å². The predicted molar refractivity (Wildman–Crippen MR) is 57.5 cm³/mol. The molecule has 0 radical (unpaired) electrons. The second-order valence-electron chi connectivity index (χ2n) is 3.46. The van der Waals surface area contributed by atoms with Crippen LogP contribution in [0.15, 0.2) is 4.99 Å². The molecule has 1 rings (SSSR count). The number of nitrogens with one attached hydrogen (secondary N) is 2. The Bertz CT molecular complexity index is 213. The average molecular weight is 197 g/mol. The highest BCUT2D eigenvalue weighted by Gasteiger charge is 2.05. The number of carbonyl (C=O) groups is 1. The Morgan fingerprint density at radius 3 is 3.00 bits per heavy atom. The molecule has 0 bridgehead atoms. The summed E-state index contributed by atoms with van der Waals surface area (Å²) in [6.07, 6.45) is 3.71. The molecule has 0 fully saturated rings. The summed E-state index contributed by atoms with van der Waals surface area (Å²) in [5.41, 5.74) is 0. The van der Waals surface area contributed by atoms with E-state index in [1.165, 1.54) is 0 Å². The highest BCUT2D eigenvalue weighted by molar-refractivity contribution is 5.84. The third-order valence-electron chi connectivity index (χ3n) is 2.13. The first-order valence-electron chi connectivity index (χ1n) is 5.37. The van der Waals surface area contributed by atoms with Gasteiger partial charge in [-0.1, -0.05) is 6.92 Å². The maximum atomic E-state index is 11.2. The van der Waals surface area contributed by atoms with Gasteiger partial charge >= 0.3 is 0 Å². The Kier molecular flexibility index (Phi) is 5.04. The van der Waals surface area contributed by atoms with E-state index in [0.717, 1.165) is 38.2 Å². The Morgan fingerprint density at radius 1 is 1.50 bits per heavy atom. The lowest BCUT2D eigenvalue weighted by molar-refractivity contribution is -0.120. The third kappa shape index (κ3) is 4.25. The number of nitrogens with zero attached hydrogens (tertiary/aromatic N) is 1. The molecule has 0 spiro atoms. The van der Waals surface area contributed by atoms with Gasteiger partial charge in [0, 0.05) is 32.5 Å². The van der Waals surface area contributed by atoms with Crippen LogP contribution < -0.4 is 10.6 Å². The first kappa shape index (κ1) is 11.0. The van der Waals surface area contributed by atoms with Crippen molar-refractivity contribution in [2.75, 3.05) is 19.6 Å². The van der Waals surface area contributed by atoms with Gasteiger partial charge in [-0.15, -0.1) is 0 Å². The highest BCUT2D eigenvalue weighted by Crippen LogP contribution is 2.00. The normalized spacial score (nSPS) is 15.1. The van der Waals surface area contributed by atoms with Gasteiger partial charge in [0.2, 0.25) is 5.91 Å². The van der Waals surface area contributed by atoms with Gasteiger partial charge in [-0.2, -0.15) is 0 Å². The maximum absolute atomic E-state index is 11.2. The predicted octanol–water partition coefficient (Wildman–Crippen LogP) is 0.685. The number of rotatable bonds is 5. The molecule has 1 amide bonds. The fraction of sp³-hybridized carbons (Fsp3) is 0.800. The van der Waals surface area contributed by atoms with E-state index in [1.807, 2.05) is 6.92 Å². The zero-order valence-corrected chi connectivity index (χ0v) is 8.81. The molecule has 2 N–H and O–H groups in total. The SMILES string of the molecule is CCCNC(=O)CCNC1=NCCC1. The van der Waals surface area contributed by atoms with Crippen molar-refractivity contribution < 1.29 is 4.79 Å². The number of amidine groups is 1. The van der Waals surface area contributed by atoms with Gasteiger partial charge in [0.25, 0.3) is 0 Å². The van der Waals surface area contributed by atoms with E-state index < -0.39 is 0 Å². The zero-order valence-electron chi connectivity index (χ0n) is 8.81. The minimum atomic E-state index is 0.123. The lowest BCUT2D eigenvalue weighted by Crippen LogP contribution is -2.30. The number of aliphatic imine (C=N–C) groups is 1. The van der Waals surface area contributed by atoms with E-state index in [4.69, 9.17) is 0 Å². The molecular formula is C10H19N3O. The molecule has 80 valence electrons. The molecule has 0 unspecified atom stereocenters. The third-order valence-corrected chi connectivity index (χ3v) is 2.13. The Labute approximate surface area is 85.2 Å². The van der Waals surface area contributed by atoms with Crippen LogP contribution in [0, 0.1) is 0 Å². The van der Waals surface area contributed by atoms with Gasteiger partial charge in [-0.25, -0.2) is 0 Å². The monoisotopic (exact) mass is 197 g/mol. The van der Waals surface area contributed by atoms with Crippen LogP contribution in [0.3, 0.4) is 0 Å². The van der Waals surface area contributed by atoms with Crippen LogP contribution in [0.1, 0.15) is 32.6 Å². The zero-order chi connectivity index (χ0) is 10.2. The van der Waals surface area contributed by atoms with E-state index in [-0.39, 0.29) is 5.91 Å². The number of amides is 1. The van der Waals surface area contributed by atoms with E-state index in [0.29, 0.717) is 13.0 Å². The Hall–Kier alpha value is -1.06. The van der Waals surface area contributed by atoms with E-state index >= 15 is 0 Å². The molecule has 1 aliphatic heterocycles. The summed E-state index contributed by atoms with van der Waals surface area (Å²) in [4.78, 5) is 15.5. The van der Waals surface area contributed by atoms with Crippen molar-refractivity contribution in [3.63, 3.8) is 0 Å². The fourth-order valence-corrected chi connectivity index (χ4v) is 1.36. The summed E-state index contributed by atoms with van der Waals surface area (Å²) in [6, 6.07) is 0. The summed E-state index contributed by atoms with van der Waals surface area (Å²) in [7, 11) is 0. The number of carbonyl (C=O) groups excluding carboxylic acids is 1. The molecule has 4 nitrogen and oxygen atoms in total. The number of hydrogen-bond acceptors (Lipinski definition) is 3. The quantitative estimate of drug-likeness (QED) is 0.681. The summed E-state index contributed by atoms with van der Waals surface area (Å²) in [6.45, 7) is 4.46. The van der Waals surface area contributed by atoms with E-state index in [1.54, 1.807) is 0 Å². The van der Waals surface area contributed by atoms with Gasteiger partial charge in [0.05, 0.1) is 5.84 Å². The van der Waals surface area contributed by atoms with Gasteiger partial charge in [0.1, 0.15) is 0 Å². The average Bonchev–Trinajstić information content (AvgIpc) is 2.67. The summed E-state index contributed by atoms with van der Waals surface area (Å²) >= 11 is 0. The van der Waals surface area contributed by atoms with Crippen molar-refractivity contribution >= 4 is 11.7 Å². The molecule has 4 heteroatoms. The van der Waals surface area contributed by atoms with Crippen LogP contribution >= 0.6 is 0 Å². The second-order valence-corrected chi connectivity index (χ2v) is 3.46. The van der Waals surface area contributed by atoms with Crippen LogP contribution in [-0.2, 0) is 4.79 Å². The number of hydrogen-bond donors (Lipinski definition) is 2. The van der Waals surface area contributed by atoms with Crippen molar-refractivity contribution in [1.82, 2.24) is 10.6 Å². The van der Waals surface area contributed by atoms with E-state index in [9.17, 15) is 4.79 Å². The molecule has 0 aromatic heterocycles. The highest BCUT2D eigenvalue weighted by atomic mass is 16.1. The Morgan fingerprint density at radius 2 is 2.36 bits per heavy atom. The minimum Gasteiger partial charge on any atom is -0.373 e. The second kappa shape index (κ2) is 6.40. The standard InChI is InChI=1S/C10H19N3O/c1-2-6-13-10(14)5-8-12-9-4-3-7-11-9/h2-8H2,1H3,(H,11,12)(H,13,14). The summed E-state index contributed by atoms with van der Waals surface area (Å²) < 4.78 is 0. The van der Waals surface area contributed by atoms with Crippen LogP contribution in [0.25, 0.3) is 0 Å². The molecule has 0 aromatic carbocycles. The van der Waals surface area contributed by atoms with E-state index in [2.05, 4.69) is 15.6 Å². The van der Waals surface area contributed by atoms with Crippen LogP contribution in [0.5, 0.6) is 0 Å². The van der Waals surface area contributed by atoms with Crippen LogP contribution in [0.4, 0.5) is 0 Å². The van der Waals surface area contributed by atoms with Gasteiger partial charge in [-0.05, 0) is 12.8 Å². The summed E-state index contributed by atoms with van der Waals surface area (Å²) in [5.74, 6) is 1.19. The van der Waals surface area contributed by atoms with Gasteiger partial charge < -0.3 is 10.6 Å². The minimum absolute atomic E-state index is 0.123. The molecule has 0 saturated heterocycles. The first-order chi connectivity index (χ1) is 6.83. The van der Waals surface area contributed by atoms with Gasteiger partial charge in [-0.3, -0.25) is 9.79 Å². The molecule has 0 aromatic rings. The molecular weight excluding hydrogens is 178 g/mol. The topological polar surface area (TPSA) is 53.5 Å². The van der Waals surface area contributed by atoms with Crippen molar-refractivity contribution in [3.05, 3.63) is 0 Å². The fourth-order valence-electron chi connectivity index (χ4n) is 1.36. The lowest BCUT2D eigenvalue weighted by atomic mass is 10.3. The molecule has 1 aliphatic rings.